The zero-order valence-electron chi connectivity index (χ0n) is 24.9. The number of rotatable bonds is 17. The Balaban J connectivity index is 1.19. The molecule has 1 aliphatic rings. The molecule has 0 radical (unpaired) electrons. The number of anilines is 2. The van der Waals surface area contributed by atoms with Gasteiger partial charge in [-0.25, -0.2) is 4.57 Å². The molecular weight excluding hydrogens is 688 g/mol. The standard InChI is InChI=1S/C29H34AsF2N6O7P/c1-43-25-13-21-24(14-26(25)44-11-4-9-37(20-5-2-6-20)10-12-45-46(40,41)42)33-18-34-29(21)36-19-15-35-38(16-19)17-27(39)30-22-7-3-8-23(31)28(22)32/h3,7-8,13-16,18,20,30H,2,4-6,9-12,17H2,1H3,(H,33,34,36)(H2,40,41,42). The minimum atomic E-state index is -4.50. The van der Waals surface area contributed by atoms with Crippen LogP contribution >= 0.6 is 7.82 Å². The van der Waals surface area contributed by atoms with Crippen LogP contribution in [-0.2, 0) is 20.4 Å². The summed E-state index contributed by atoms with van der Waals surface area (Å²) in [5, 5.41) is 8.06. The molecule has 1 aliphatic carbocycles. The topological polar surface area (TPSA) is 161 Å². The van der Waals surface area contributed by atoms with Crippen molar-refractivity contribution in [2.75, 3.05) is 38.7 Å². The molecule has 5 rings (SSSR count). The van der Waals surface area contributed by atoms with Crippen molar-refractivity contribution in [2.45, 2.75) is 38.3 Å². The molecule has 13 nitrogen and oxygen atoms in total. The summed E-state index contributed by atoms with van der Waals surface area (Å²) in [4.78, 5) is 41.4. The Morgan fingerprint density at radius 2 is 2.00 bits per heavy atom. The maximum atomic E-state index is 14.0. The molecule has 1 atom stereocenters. The van der Waals surface area contributed by atoms with E-state index in [4.69, 9.17) is 19.3 Å². The molecule has 0 aliphatic heterocycles. The van der Waals surface area contributed by atoms with Crippen molar-refractivity contribution in [3.63, 3.8) is 0 Å². The Kier molecular flexibility index (Phi) is 11.4. The van der Waals surface area contributed by atoms with Gasteiger partial charge < -0.3 is 9.79 Å². The summed E-state index contributed by atoms with van der Waals surface area (Å²) in [6.45, 7) is 1.37. The maximum absolute atomic E-state index is 14.0. The number of hydrogen-bond donors (Lipinski definition) is 3. The van der Waals surface area contributed by atoms with Crippen LogP contribution in [0, 0.1) is 11.6 Å². The Labute approximate surface area is 270 Å². The van der Waals surface area contributed by atoms with Crippen LogP contribution in [0.25, 0.3) is 10.9 Å². The third-order valence-corrected chi connectivity index (χ3v) is 10.2. The van der Waals surface area contributed by atoms with E-state index >= 15 is 0 Å². The van der Waals surface area contributed by atoms with Gasteiger partial charge in [-0.15, -0.1) is 0 Å². The Morgan fingerprint density at radius 1 is 1.17 bits per heavy atom. The van der Waals surface area contributed by atoms with Gasteiger partial charge in [0.15, 0.2) is 0 Å². The van der Waals surface area contributed by atoms with Crippen LogP contribution in [0.1, 0.15) is 25.7 Å². The Hall–Kier alpha value is -3.45. The quantitative estimate of drug-likeness (QED) is 0.0832. The third kappa shape index (κ3) is 9.09. The zero-order chi connectivity index (χ0) is 32.7. The van der Waals surface area contributed by atoms with Gasteiger partial charge >= 0.3 is 189 Å². The van der Waals surface area contributed by atoms with Crippen molar-refractivity contribution in [2.24, 2.45) is 0 Å². The van der Waals surface area contributed by atoms with E-state index in [1.54, 1.807) is 18.3 Å². The normalized spacial score (nSPS) is 13.9. The molecular formula is C29H34AsF2N6O7P. The predicted octanol–water partition coefficient (Wildman–Crippen LogP) is 2.88. The van der Waals surface area contributed by atoms with Crippen molar-refractivity contribution in [3.05, 3.63) is 60.7 Å². The number of hydrogen-bond acceptors (Lipinski definition) is 10. The van der Waals surface area contributed by atoms with Crippen molar-refractivity contribution in [1.29, 1.82) is 0 Å². The number of halogens is 2. The van der Waals surface area contributed by atoms with Crippen molar-refractivity contribution < 1.29 is 41.9 Å². The minimum absolute atomic E-state index is 0.0473. The number of phosphoric acid groups is 1. The molecule has 46 heavy (non-hydrogen) atoms. The number of nitrogens with one attached hydrogen (secondary N) is 1. The molecule has 0 saturated heterocycles. The van der Waals surface area contributed by atoms with Crippen LogP contribution in [0.4, 0.5) is 20.3 Å². The molecule has 4 aromatic rings. The molecule has 1 unspecified atom stereocenters. The van der Waals surface area contributed by atoms with Gasteiger partial charge in [0.1, 0.15) is 0 Å². The summed E-state index contributed by atoms with van der Waals surface area (Å²) in [5.41, 5.74) is 1.16. The molecule has 0 amide bonds. The van der Waals surface area contributed by atoms with E-state index in [-0.39, 0.29) is 22.1 Å². The van der Waals surface area contributed by atoms with E-state index in [0.717, 1.165) is 25.3 Å². The fourth-order valence-corrected chi connectivity index (χ4v) is 7.29. The molecule has 0 bridgehead atoms. The second-order valence-electron chi connectivity index (χ2n) is 10.6. The fraction of sp³-hybridized carbons (Fsp3) is 0.379. The number of carbonyl (C=O) groups excluding carboxylic acids is 1. The number of aromatic nitrogens is 4. The first kappa shape index (κ1) is 33.9. The number of phosphoric ester groups is 1. The zero-order valence-corrected chi connectivity index (χ0v) is 27.9. The number of benzene rings is 2. The average molecular weight is 723 g/mol. The van der Waals surface area contributed by atoms with Crippen LogP contribution < -0.4 is 19.1 Å². The predicted molar refractivity (Wildman–Crippen MR) is 167 cm³/mol. The second kappa shape index (κ2) is 15.4. The van der Waals surface area contributed by atoms with Gasteiger partial charge in [0.2, 0.25) is 0 Å². The van der Waals surface area contributed by atoms with E-state index in [1.807, 2.05) is 0 Å². The average Bonchev–Trinajstić information content (AvgIpc) is 3.42. The van der Waals surface area contributed by atoms with Crippen LogP contribution in [0.2, 0.25) is 0 Å². The van der Waals surface area contributed by atoms with E-state index in [9.17, 15) is 18.1 Å². The van der Waals surface area contributed by atoms with Crippen LogP contribution in [-0.4, -0.2) is 94.2 Å². The first-order valence-electron chi connectivity index (χ1n) is 14.5. The number of fused-ring (bicyclic) bond motifs is 1. The second-order valence-corrected chi connectivity index (χ2v) is 14.7. The molecule has 2 aromatic carbocycles. The van der Waals surface area contributed by atoms with Crippen molar-refractivity contribution in [3.8, 4) is 11.5 Å². The van der Waals surface area contributed by atoms with Crippen LogP contribution in [0.3, 0.4) is 0 Å². The molecule has 2 aromatic heterocycles. The van der Waals surface area contributed by atoms with Crippen molar-refractivity contribution >= 4 is 54.9 Å². The summed E-state index contributed by atoms with van der Waals surface area (Å²) in [5.74, 6) is -0.483. The summed E-state index contributed by atoms with van der Waals surface area (Å²) in [6.07, 6.45) is 8.46. The van der Waals surface area contributed by atoms with Gasteiger partial charge in [-0.3, -0.25) is 9.42 Å². The molecule has 1 saturated carbocycles. The molecule has 3 N–H and O–H groups in total. The van der Waals surface area contributed by atoms with Gasteiger partial charge in [0.25, 0.3) is 0 Å². The van der Waals surface area contributed by atoms with Crippen LogP contribution in [0.5, 0.6) is 11.5 Å². The summed E-state index contributed by atoms with van der Waals surface area (Å²) in [6, 6.07) is 7.74. The molecule has 0 spiro atoms. The number of carbonyl (C=O) groups is 1. The monoisotopic (exact) mass is 722 g/mol. The molecule has 2 heterocycles. The third-order valence-electron chi connectivity index (χ3n) is 7.42. The smallest absolute Gasteiger partial charge is 0.303 e. The van der Waals surface area contributed by atoms with Gasteiger partial charge in [0, 0.05) is 19.1 Å². The summed E-state index contributed by atoms with van der Waals surface area (Å²) >= 11 is -1.56. The van der Waals surface area contributed by atoms with E-state index in [2.05, 4.69) is 29.8 Å². The van der Waals surface area contributed by atoms with Gasteiger partial charge in [-0.1, -0.05) is 6.42 Å². The number of nitrogens with zero attached hydrogens (tertiary/aromatic N) is 5. The van der Waals surface area contributed by atoms with Crippen LogP contribution in [0.15, 0.2) is 49.1 Å². The van der Waals surface area contributed by atoms with Gasteiger partial charge in [-0.2, -0.15) is 0 Å². The molecule has 17 heteroatoms. The minimum Gasteiger partial charge on any atom is -0.303 e. The van der Waals surface area contributed by atoms with E-state index in [1.165, 1.54) is 36.4 Å². The first-order valence-corrected chi connectivity index (χ1v) is 18.2. The Bertz CT molecular complexity index is 1720. The van der Waals surface area contributed by atoms with E-state index < -0.39 is 35.2 Å². The number of methoxy groups -OCH3 is 1. The summed E-state index contributed by atoms with van der Waals surface area (Å²) in [7, 11) is -2.97. The SMILES string of the molecule is COc1cc2c(Nc3cnn(CC(=O)[AsH]c4cccc(F)c4F)c3)ncnc2cc1OCCCN(CCOP(=O)(O)O)C1CCC1. The van der Waals surface area contributed by atoms with E-state index in [0.29, 0.717) is 66.1 Å². The molecule has 1 fully saturated rings. The number of ether oxygens (including phenoxy) is 2. The Morgan fingerprint density at radius 3 is 2.74 bits per heavy atom. The van der Waals surface area contributed by atoms with Crippen molar-refractivity contribution in [1.82, 2.24) is 24.6 Å². The van der Waals surface area contributed by atoms with Gasteiger partial charge in [-0.05, 0) is 19.3 Å². The van der Waals surface area contributed by atoms with Gasteiger partial charge in [0.05, 0.1) is 13.2 Å². The first-order chi connectivity index (χ1) is 22.1. The molecule has 246 valence electrons. The summed E-state index contributed by atoms with van der Waals surface area (Å²) < 4.78 is 56.1. The fourth-order valence-electron chi connectivity index (χ4n) is 4.98.